The zero-order valence-corrected chi connectivity index (χ0v) is 10.9. The highest BCUT2D eigenvalue weighted by Crippen LogP contribution is 2.31. The number of nitrogens with one attached hydrogen (secondary N) is 1. The topological polar surface area (TPSA) is 37.8 Å². The normalized spacial score (nSPS) is 10.4. The second kappa shape index (κ2) is 5.32. The highest BCUT2D eigenvalue weighted by molar-refractivity contribution is 8.01. The number of nitrogens with zero attached hydrogens (tertiary/aromatic N) is 2. The van der Waals surface area contributed by atoms with E-state index in [9.17, 15) is 0 Å². The number of rotatable bonds is 4. The molecule has 2 aromatic rings. The maximum absolute atomic E-state index is 4.48. The number of hydrogen-bond acceptors (Lipinski definition) is 5. The first-order valence-electron chi connectivity index (χ1n) is 5.08. The molecule has 0 spiro atoms. The van der Waals surface area contributed by atoms with Crippen molar-refractivity contribution >= 4 is 29.0 Å². The van der Waals surface area contributed by atoms with Gasteiger partial charge in [0.25, 0.3) is 0 Å². The smallest absolute Gasteiger partial charge is 0.223 e. The van der Waals surface area contributed by atoms with Crippen molar-refractivity contribution in [1.29, 1.82) is 0 Å². The second-order valence-electron chi connectivity index (χ2n) is 3.25. The summed E-state index contributed by atoms with van der Waals surface area (Å²) in [5.41, 5.74) is 1.11. The van der Waals surface area contributed by atoms with Crippen molar-refractivity contribution < 1.29 is 0 Å². The molecule has 0 unspecified atom stereocenters. The molecule has 1 N–H and O–H groups in total. The van der Waals surface area contributed by atoms with Crippen LogP contribution in [0.25, 0.3) is 0 Å². The van der Waals surface area contributed by atoms with Crippen LogP contribution in [-0.4, -0.2) is 16.5 Å². The molecule has 5 heteroatoms. The number of thiophene rings is 1. The van der Waals surface area contributed by atoms with Crippen molar-refractivity contribution in [2.45, 2.75) is 23.1 Å². The summed E-state index contributed by atoms with van der Waals surface area (Å²) >= 11 is 3.42. The van der Waals surface area contributed by atoms with Crippen LogP contribution in [0.1, 0.15) is 12.5 Å². The minimum atomic E-state index is 0.701. The summed E-state index contributed by atoms with van der Waals surface area (Å²) in [6.45, 7) is 4.91. The standard InChI is InChI=1S/C11H13N3S2/c1-3-12-11-13-7-8(2)10(14-11)16-9-5-4-6-15-9/h4-7H,3H2,1-2H3,(H,12,13,14). The van der Waals surface area contributed by atoms with Gasteiger partial charge in [0.1, 0.15) is 5.03 Å². The Morgan fingerprint density at radius 3 is 3.06 bits per heavy atom. The number of aryl methyl sites for hydroxylation is 1. The lowest BCUT2D eigenvalue weighted by Gasteiger charge is -2.06. The third-order valence-corrected chi connectivity index (χ3v) is 4.10. The predicted molar refractivity (Wildman–Crippen MR) is 69.4 cm³/mol. The maximum Gasteiger partial charge on any atom is 0.223 e. The summed E-state index contributed by atoms with van der Waals surface area (Å²) in [6, 6.07) is 4.15. The van der Waals surface area contributed by atoms with Gasteiger partial charge in [0.15, 0.2) is 0 Å². The Hall–Kier alpha value is -1.07. The summed E-state index contributed by atoms with van der Waals surface area (Å²) in [4.78, 5) is 8.71. The van der Waals surface area contributed by atoms with Gasteiger partial charge in [-0.2, -0.15) is 0 Å². The molecule has 0 radical (unpaired) electrons. The molecule has 16 heavy (non-hydrogen) atoms. The number of aromatic nitrogens is 2. The average molecular weight is 251 g/mol. The van der Waals surface area contributed by atoms with E-state index in [1.54, 1.807) is 23.1 Å². The first kappa shape index (κ1) is 11.4. The van der Waals surface area contributed by atoms with Crippen molar-refractivity contribution in [3.8, 4) is 0 Å². The first-order chi connectivity index (χ1) is 7.79. The molecule has 0 aliphatic rings. The zero-order chi connectivity index (χ0) is 11.4. The fourth-order valence-corrected chi connectivity index (χ4v) is 2.92. The predicted octanol–water partition coefficient (Wildman–Crippen LogP) is 3.43. The van der Waals surface area contributed by atoms with Crippen LogP contribution in [0, 0.1) is 6.92 Å². The quantitative estimate of drug-likeness (QED) is 0.845. The van der Waals surface area contributed by atoms with E-state index in [1.807, 2.05) is 20.0 Å². The van der Waals surface area contributed by atoms with Crippen LogP contribution >= 0.6 is 23.1 Å². The Morgan fingerprint density at radius 2 is 2.38 bits per heavy atom. The molecule has 0 amide bonds. The van der Waals surface area contributed by atoms with Gasteiger partial charge < -0.3 is 5.32 Å². The van der Waals surface area contributed by atoms with E-state index >= 15 is 0 Å². The van der Waals surface area contributed by atoms with E-state index < -0.39 is 0 Å². The van der Waals surface area contributed by atoms with Gasteiger partial charge >= 0.3 is 0 Å². The third kappa shape index (κ3) is 2.74. The van der Waals surface area contributed by atoms with E-state index in [2.05, 4.69) is 32.8 Å². The lowest BCUT2D eigenvalue weighted by Crippen LogP contribution is -2.03. The molecule has 0 saturated heterocycles. The monoisotopic (exact) mass is 251 g/mol. The van der Waals surface area contributed by atoms with Gasteiger partial charge in [0.05, 0.1) is 4.21 Å². The molecule has 2 aromatic heterocycles. The van der Waals surface area contributed by atoms with Gasteiger partial charge in [-0.25, -0.2) is 9.97 Å². The van der Waals surface area contributed by atoms with Crippen LogP contribution < -0.4 is 5.32 Å². The third-order valence-electron chi connectivity index (χ3n) is 1.95. The molecule has 0 atom stereocenters. The summed E-state index contributed by atoms with van der Waals surface area (Å²) in [5, 5.41) is 6.22. The number of hydrogen-bond donors (Lipinski definition) is 1. The minimum Gasteiger partial charge on any atom is -0.354 e. The summed E-state index contributed by atoms with van der Waals surface area (Å²) in [6.07, 6.45) is 1.86. The Balaban J connectivity index is 2.21. The Bertz CT molecular complexity index is 454. The molecule has 0 aliphatic carbocycles. The van der Waals surface area contributed by atoms with E-state index in [0.29, 0.717) is 5.95 Å². The van der Waals surface area contributed by atoms with Gasteiger partial charge in [0, 0.05) is 18.3 Å². The molecule has 0 saturated carbocycles. The fraction of sp³-hybridized carbons (Fsp3) is 0.273. The summed E-state index contributed by atoms with van der Waals surface area (Å²) in [7, 11) is 0. The van der Waals surface area contributed by atoms with Crippen LogP contribution in [-0.2, 0) is 0 Å². The van der Waals surface area contributed by atoms with Gasteiger partial charge in [-0.1, -0.05) is 17.8 Å². The highest BCUT2D eigenvalue weighted by Gasteiger charge is 2.05. The van der Waals surface area contributed by atoms with Crippen LogP contribution in [0.4, 0.5) is 5.95 Å². The van der Waals surface area contributed by atoms with Crippen LogP contribution in [0.15, 0.2) is 32.9 Å². The SMILES string of the molecule is CCNc1ncc(C)c(Sc2cccs2)n1. The Labute approximate surface area is 103 Å². The van der Waals surface area contributed by atoms with Crippen molar-refractivity contribution in [1.82, 2.24) is 9.97 Å². The molecule has 0 fully saturated rings. The van der Waals surface area contributed by atoms with E-state index in [-0.39, 0.29) is 0 Å². The lowest BCUT2D eigenvalue weighted by atomic mass is 10.4. The maximum atomic E-state index is 4.48. The minimum absolute atomic E-state index is 0.701. The van der Waals surface area contributed by atoms with Crippen LogP contribution in [0.2, 0.25) is 0 Å². The Kier molecular flexibility index (Phi) is 3.79. The lowest BCUT2D eigenvalue weighted by molar-refractivity contribution is 0.984. The molecule has 2 heterocycles. The molecule has 84 valence electrons. The number of anilines is 1. The highest BCUT2D eigenvalue weighted by atomic mass is 32.2. The second-order valence-corrected chi connectivity index (χ2v) is 5.48. The van der Waals surface area contributed by atoms with Crippen molar-refractivity contribution in [3.05, 3.63) is 29.3 Å². The van der Waals surface area contributed by atoms with E-state index in [0.717, 1.165) is 17.1 Å². The summed E-state index contributed by atoms with van der Waals surface area (Å²) < 4.78 is 1.25. The molecule has 0 aliphatic heterocycles. The van der Waals surface area contributed by atoms with Gasteiger partial charge in [0.2, 0.25) is 5.95 Å². The van der Waals surface area contributed by atoms with Crippen LogP contribution in [0.5, 0.6) is 0 Å². The molecular formula is C11H13N3S2. The molecule has 0 aromatic carbocycles. The first-order valence-corrected chi connectivity index (χ1v) is 6.78. The van der Waals surface area contributed by atoms with E-state index in [1.165, 1.54) is 4.21 Å². The molecule has 2 rings (SSSR count). The van der Waals surface area contributed by atoms with Crippen molar-refractivity contribution in [2.75, 3.05) is 11.9 Å². The van der Waals surface area contributed by atoms with Gasteiger partial charge in [-0.15, -0.1) is 11.3 Å². The molecule has 0 bridgehead atoms. The van der Waals surface area contributed by atoms with E-state index in [4.69, 9.17) is 0 Å². The molecular weight excluding hydrogens is 238 g/mol. The van der Waals surface area contributed by atoms with Crippen molar-refractivity contribution in [3.63, 3.8) is 0 Å². The van der Waals surface area contributed by atoms with Gasteiger partial charge in [-0.05, 0) is 25.3 Å². The van der Waals surface area contributed by atoms with Crippen molar-refractivity contribution in [2.24, 2.45) is 0 Å². The average Bonchev–Trinajstić information content (AvgIpc) is 2.76. The summed E-state index contributed by atoms with van der Waals surface area (Å²) in [5.74, 6) is 0.701. The Morgan fingerprint density at radius 1 is 1.50 bits per heavy atom. The largest absolute Gasteiger partial charge is 0.354 e. The fourth-order valence-electron chi connectivity index (χ4n) is 1.19. The molecule has 3 nitrogen and oxygen atoms in total. The van der Waals surface area contributed by atoms with Gasteiger partial charge in [-0.3, -0.25) is 0 Å². The van der Waals surface area contributed by atoms with Crippen LogP contribution in [0.3, 0.4) is 0 Å². The zero-order valence-electron chi connectivity index (χ0n) is 9.23.